The van der Waals surface area contributed by atoms with Crippen molar-refractivity contribution in [3.63, 3.8) is 0 Å². The molecule has 1 aromatic heterocycles. The summed E-state index contributed by atoms with van der Waals surface area (Å²) >= 11 is 3.88. The number of nitrogens with one attached hydrogen (secondary N) is 4. The number of nitrogens with zero attached hydrogens (tertiary/aromatic N) is 1. The van der Waals surface area contributed by atoms with Gasteiger partial charge in [0.25, 0.3) is 0 Å². The fourth-order valence-electron chi connectivity index (χ4n) is 2.16. The summed E-state index contributed by atoms with van der Waals surface area (Å²) in [5, 5.41) is 15.5. The molecule has 0 aliphatic carbocycles. The van der Waals surface area contributed by atoms with E-state index in [9.17, 15) is 24.0 Å². The summed E-state index contributed by atoms with van der Waals surface area (Å²) in [6, 6.07) is -3.63. The highest BCUT2D eigenvalue weighted by Gasteiger charge is 2.29. The van der Waals surface area contributed by atoms with Gasteiger partial charge in [0.1, 0.15) is 18.6 Å². The lowest BCUT2D eigenvalue weighted by molar-refractivity contribution is -0.138. The van der Waals surface area contributed by atoms with Gasteiger partial charge in [-0.3, -0.25) is 24.0 Å². The van der Waals surface area contributed by atoms with Gasteiger partial charge < -0.3 is 37.5 Å². The largest absolute Gasteiger partial charge is 0.480 e. The first-order valence-electron chi connectivity index (χ1n) is 8.36. The number of hydrogen-bond donors (Lipinski definition) is 8. The highest BCUT2D eigenvalue weighted by Crippen LogP contribution is 2.02. The first kappa shape index (κ1) is 23.9. The van der Waals surface area contributed by atoms with Crippen molar-refractivity contribution >= 4 is 42.2 Å². The molecule has 14 heteroatoms. The van der Waals surface area contributed by atoms with Crippen LogP contribution >= 0.6 is 12.6 Å². The third-order valence-electron chi connectivity index (χ3n) is 3.60. The fourth-order valence-corrected chi connectivity index (χ4v) is 2.32. The van der Waals surface area contributed by atoms with Gasteiger partial charge in [0.15, 0.2) is 0 Å². The van der Waals surface area contributed by atoms with E-state index in [1.54, 1.807) is 0 Å². The number of nitrogens with two attached hydrogens (primary N) is 2. The van der Waals surface area contributed by atoms with Crippen molar-refractivity contribution in [3.8, 4) is 0 Å². The number of aromatic nitrogens is 2. The molecule has 0 saturated heterocycles. The van der Waals surface area contributed by atoms with Crippen molar-refractivity contribution in [2.75, 3.05) is 12.3 Å². The number of thiol groups is 1. The first-order chi connectivity index (χ1) is 13.6. The van der Waals surface area contributed by atoms with E-state index in [2.05, 4.69) is 38.5 Å². The monoisotopic (exact) mass is 429 g/mol. The van der Waals surface area contributed by atoms with E-state index in [1.807, 2.05) is 0 Å². The van der Waals surface area contributed by atoms with E-state index in [0.717, 1.165) is 0 Å². The molecule has 0 spiro atoms. The van der Waals surface area contributed by atoms with Crippen molar-refractivity contribution in [2.24, 2.45) is 11.5 Å². The Kier molecular flexibility index (Phi) is 9.61. The number of carboxylic acids is 1. The Bertz CT molecular complexity index is 742. The molecule has 0 radical (unpaired) electrons. The molecular weight excluding hydrogens is 406 g/mol. The molecule has 0 saturated carbocycles. The highest BCUT2D eigenvalue weighted by atomic mass is 32.1. The zero-order valence-corrected chi connectivity index (χ0v) is 16.1. The quantitative estimate of drug-likeness (QED) is 0.154. The molecule has 13 nitrogen and oxygen atoms in total. The number of rotatable bonds is 12. The molecule has 0 aromatic carbocycles. The molecule has 3 atom stereocenters. The predicted molar refractivity (Wildman–Crippen MR) is 102 cm³/mol. The molecule has 1 aromatic rings. The van der Waals surface area contributed by atoms with Gasteiger partial charge in [0.05, 0.1) is 18.8 Å². The smallest absolute Gasteiger partial charge is 0.322 e. The zero-order chi connectivity index (χ0) is 22.0. The third kappa shape index (κ3) is 8.61. The minimum Gasteiger partial charge on any atom is -0.480 e. The van der Waals surface area contributed by atoms with Crippen LogP contribution in [0.15, 0.2) is 12.5 Å². The Morgan fingerprint density at radius 1 is 1.14 bits per heavy atom. The van der Waals surface area contributed by atoms with Gasteiger partial charge in [-0.1, -0.05) is 0 Å². The van der Waals surface area contributed by atoms with E-state index >= 15 is 0 Å². The number of H-pyrrole nitrogens is 1. The summed E-state index contributed by atoms with van der Waals surface area (Å²) in [4.78, 5) is 65.3. The average Bonchev–Trinajstić information content (AvgIpc) is 3.16. The van der Waals surface area contributed by atoms with Gasteiger partial charge in [-0.05, 0) is 0 Å². The zero-order valence-electron chi connectivity index (χ0n) is 15.3. The molecule has 3 unspecified atom stereocenters. The summed E-state index contributed by atoms with van der Waals surface area (Å²) in [6.07, 6.45) is 2.19. The van der Waals surface area contributed by atoms with Gasteiger partial charge in [-0.2, -0.15) is 12.6 Å². The molecule has 0 bridgehead atoms. The number of imidazole rings is 1. The van der Waals surface area contributed by atoms with Gasteiger partial charge in [0.2, 0.25) is 23.6 Å². The minimum absolute atomic E-state index is 0.00319. The van der Waals surface area contributed by atoms with Crippen LogP contribution in [0.4, 0.5) is 0 Å². The molecule has 160 valence electrons. The van der Waals surface area contributed by atoms with E-state index in [1.165, 1.54) is 12.5 Å². The molecule has 0 aliphatic heterocycles. The van der Waals surface area contributed by atoms with Crippen molar-refractivity contribution in [3.05, 3.63) is 18.2 Å². The normalized spacial score (nSPS) is 13.6. The molecule has 29 heavy (non-hydrogen) atoms. The minimum atomic E-state index is -1.39. The van der Waals surface area contributed by atoms with Crippen LogP contribution in [0.5, 0.6) is 0 Å². The predicted octanol–water partition coefficient (Wildman–Crippen LogP) is -3.74. The van der Waals surface area contributed by atoms with Crippen molar-refractivity contribution < 1.29 is 29.1 Å². The average molecular weight is 429 g/mol. The van der Waals surface area contributed by atoms with Crippen LogP contribution in [0.2, 0.25) is 0 Å². The number of primary amides is 1. The summed E-state index contributed by atoms with van der Waals surface area (Å²) in [6.45, 7) is -0.660. The first-order valence-corrected chi connectivity index (χ1v) is 8.99. The highest BCUT2D eigenvalue weighted by molar-refractivity contribution is 7.80. The molecule has 0 fully saturated rings. The molecular formula is C15H23N7O6S. The molecule has 9 N–H and O–H groups in total. The van der Waals surface area contributed by atoms with Gasteiger partial charge in [0, 0.05) is 24.1 Å². The fraction of sp³-hybridized carbons (Fsp3) is 0.467. The maximum Gasteiger partial charge on any atom is 0.322 e. The maximum atomic E-state index is 12.6. The van der Waals surface area contributed by atoms with Gasteiger partial charge >= 0.3 is 5.97 Å². The van der Waals surface area contributed by atoms with Crippen molar-refractivity contribution in [1.29, 1.82) is 0 Å². The van der Waals surface area contributed by atoms with E-state index < -0.39 is 60.7 Å². The number of hydrogen-bond acceptors (Lipinski definition) is 8. The number of amides is 4. The second kappa shape index (κ2) is 11.7. The van der Waals surface area contributed by atoms with Crippen molar-refractivity contribution in [1.82, 2.24) is 25.9 Å². The molecule has 1 heterocycles. The summed E-state index contributed by atoms with van der Waals surface area (Å²) < 4.78 is 0. The second-order valence-corrected chi connectivity index (χ2v) is 6.34. The number of aliphatic carboxylic acids is 1. The van der Waals surface area contributed by atoms with E-state index in [-0.39, 0.29) is 12.2 Å². The Hall–Kier alpha value is -3.13. The van der Waals surface area contributed by atoms with Crippen LogP contribution in [0.25, 0.3) is 0 Å². The van der Waals surface area contributed by atoms with Crippen LogP contribution < -0.4 is 27.4 Å². The second-order valence-electron chi connectivity index (χ2n) is 5.97. The number of carboxylic acid groups (broad SMARTS) is 1. The molecule has 0 aliphatic rings. The van der Waals surface area contributed by atoms with Crippen LogP contribution in [-0.4, -0.2) is 75.1 Å². The number of carbonyl (C=O) groups is 5. The Labute approximate surface area is 170 Å². The summed E-state index contributed by atoms with van der Waals surface area (Å²) in [5.41, 5.74) is 11.1. The van der Waals surface area contributed by atoms with Crippen LogP contribution in [0.3, 0.4) is 0 Å². The maximum absolute atomic E-state index is 12.6. The number of aromatic amines is 1. The van der Waals surface area contributed by atoms with Crippen molar-refractivity contribution in [2.45, 2.75) is 31.0 Å². The van der Waals surface area contributed by atoms with Crippen LogP contribution in [-0.2, 0) is 30.4 Å². The Morgan fingerprint density at radius 2 is 1.79 bits per heavy atom. The van der Waals surface area contributed by atoms with E-state index in [0.29, 0.717) is 5.69 Å². The van der Waals surface area contributed by atoms with Crippen LogP contribution in [0, 0.1) is 0 Å². The van der Waals surface area contributed by atoms with Gasteiger partial charge in [-0.15, -0.1) is 0 Å². The van der Waals surface area contributed by atoms with Gasteiger partial charge in [-0.25, -0.2) is 4.98 Å². The van der Waals surface area contributed by atoms with Crippen LogP contribution in [0.1, 0.15) is 12.1 Å². The standard InChI is InChI=1S/C15H23N7O6S/c16-8(5-29)13(26)21-10(2-11(17)23)15(28)22-9(1-7-3-18-6-20-7)14(27)19-4-12(24)25/h3,6,8-10,29H,1-2,4-5,16H2,(H2,17,23)(H,18,20)(H,19,27)(H,21,26)(H,22,28)(H,24,25). The summed E-state index contributed by atoms with van der Waals surface area (Å²) in [5.74, 6) is -4.54. The topological polar surface area (TPSA) is 222 Å². The SMILES string of the molecule is NC(=O)CC(NC(=O)C(N)CS)C(=O)NC(Cc1cnc[nH]1)C(=O)NCC(=O)O. The lowest BCUT2D eigenvalue weighted by Crippen LogP contribution is -2.57. The Morgan fingerprint density at radius 3 is 2.31 bits per heavy atom. The third-order valence-corrected chi connectivity index (χ3v) is 3.99. The lowest BCUT2D eigenvalue weighted by atomic mass is 10.1. The number of carbonyl (C=O) groups excluding carboxylic acids is 4. The molecule has 4 amide bonds. The lowest BCUT2D eigenvalue weighted by Gasteiger charge is -2.23. The molecule has 1 rings (SSSR count). The van der Waals surface area contributed by atoms with E-state index in [4.69, 9.17) is 16.6 Å². The Balaban J connectivity index is 2.93. The summed E-state index contributed by atoms with van der Waals surface area (Å²) in [7, 11) is 0.